The molecule has 0 aromatic carbocycles. The van der Waals surface area contributed by atoms with Gasteiger partial charge in [0.2, 0.25) is 0 Å². The van der Waals surface area contributed by atoms with E-state index in [1.807, 2.05) is 0 Å². The van der Waals surface area contributed by atoms with E-state index in [1.54, 1.807) is 0 Å². The van der Waals surface area contributed by atoms with Crippen LogP contribution in [-0.4, -0.2) is 42.9 Å². The number of hydrogen-bond acceptors (Lipinski definition) is 4. The molecule has 160 valence electrons. The largest absolute Gasteiger partial charge is 0.289 e. The van der Waals surface area contributed by atoms with Crippen LogP contribution in [0.4, 0.5) is 0 Å². The summed E-state index contributed by atoms with van der Waals surface area (Å²) in [6.45, 7) is 6.00. The SMILES string of the molecule is C=C.O=C1NC(=O)C2=C1C1CC2C(Br)C1Br.O=C1NC(=O)C2=C1C1CC2C(Br)C1Br. The van der Waals surface area contributed by atoms with Crippen LogP contribution in [0.3, 0.4) is 0 Å². The van der Waals surface area contributed by atoms with Crippen LogP contribution in [0.5, 0.6) is 0 Å². The molecular formula is C20H18Br4N2O4. The van der Waals surface area contributed by atoms with E-state index in [0.29, 0.717) is 0 Å². The van der Waals surface area contributed by atoms with Crippen molar-refractivity contribution in [2.75, 3.05) is 0 Å². The first-order chi connectivity index (χ1) is 14.2. The van der Waals surface area contributed by atoms with Gasteiger partial charge in [0, 0.05) is 65.3 Å². The Bertz CT molecular complexity index is 803. The molecular weight excluding hydrogens is 652 g/mol. The first-order valence-electron chi connectivity index (χ1n) is 9.48. The summed E-state index contributed by atoms with van der Waals surface area (Å²) in [6, 6.07) is 0. The van der Waals surface area contributed by atoms with Gasteiger partial charge in [-0.3, -0.25) is 29.8 Å². The Kier molecular flexibility index (Phi) is 6.09. The van der Waals surface area contributed by atoms with E-state index < -0.39 is 0 Å². The number of carbonyl (C=O) groups excluding carboxylic acids is 4. The molecule has 0 radical (unpaired) electrons. The molecule has 6 rings (SSSR count). The molecule has 4 bridgehead atoms. The van der Waals surface area contributed by atoms with Crippen molar-refractivity contribution in [1.29, 1.82) is 0 Å². The lowest BCUT2D eigenvalue weighted by molar-refractivity contribution is -0.126. The lowest BCUT2D eigenvalue weighted by atomic mass is 9.93. The molecule has 0 aromatic rings. The fourth-order valence-electron chi connectivity index (χ4n) is 5.50. The quantitative estimate of drug-likeness (QED) is 0.236. The van der Waals surface area contributed by atoms with Gasteiger partial charge in [-0.15, -0.1) is 13.2 Å². The minimum atomic E-state index is -0.179. The van der Waals surface area contributed by atoms with Crippen molar-refractivity contribution in [3.8, 4) is 0 Å². The fourth-order valence-corrected chi connectivity index (χ4v) is 8.89. The van der Waals surface area contributed by atoms with Gasteiger partial charge < -0.3 is 0 Å². The molecule has 10 heteroatoms. The van der Waals surface area contributed by atoms with E-state index in [1.165, 1.54) is 0 Å². The van der Waals surface area contributed by atoms with Crippen LogP contribution in [0.2, 0.25) is 0 Å². The second-order valence-electron chi connectivity index (χ2n) is 7.90. The first kappa shape index (κ1) is 22.6. The van der Waals surface area contributed by atoms with Gasteiger partial charge in [-0.2, -0.15) is 0 Å². The van der Waals surface area contributed by atoms with Gasteiger partial charge in [-0.25, -0.2) is 0 Å². The van der Waals surface area contributed by atoms with Crippen molar-refractivity contribution in [3.63, 3.8) is 0 Å². The van der Waals surface area contributed by atoms with Crippen LogP contribution < -0.4 is 10.6 Å². The van der Waals surface area contributed by atoms with Crippen LogP contribution in [0.1, 0.15) is 12.8 Å². The number of carbonyl (C=O) groups is 4. The van der Waals surface area contributed by atoms with E-state index in [4.69, 9.17) is 0 Å². The lowest BCUT2D eigenvalue weighted by Gasteiger charge is -2.21. The molecule has 2 aliphatic heterocycles. The first-order valence-corrected chi connectivity index (χ1v) is 13.1. The van der Waals surface area contributed by atoms with Gasteiger partial charge in [0.15, 0.2) is 0 Å². The number of rotatable bonds is 0. The molecule has 8 atom stereocenters. The van der Waals surface area contributed by atoms with Crippen LogP contribution in [0.25, 0.3) is 0 Å². The van der Waals surface area contributed by atoms with E-state index in [-0.39, 0.29) is 66.6 Å². The predicted octanol–water partition coefficient (Wildman–Crippen LogP) is 3.03. The molecule has 2 saturated carbocycles. The minimum Gasteiger partial charge on any atom is -0.289 e. The fraction of sp³-hybridized carbons (Fsp3) is 0.500. The molecule has 0 aromatic heterocycles. The highest BCUT2D eigenvalue weighted by Crippen LogP contribution is 2.56. The average molecular weight is 670 g/mol. The summed E-state index contributed by atoms with van der Waals surface area (Å²) in [5.74, 6) is 0.138. The summed E-state index contributed by atoms with van der Waals surface area (Å²) in [4.78, 5) is 47.1. The monoisotopic (exact) mass is 666 g/mol. The highest BCUT2D eigenvalue weighted by Gasteiger charge is 2.57. The Morgan fingerprint density at radius 3 is 0.933 bits per heavy atom. The van der Waals surface area contributed by atoms with Crippen LogP contribution in [-0.2, 0) is 19.2 Å². The van der Waals surface area contributed by atoms with Crippen molar-refractivity contribution in [1.82, 2.24) is 10.6 Å². The Balaban J connectivity index is 0.000000134. The zero-order chi connectivity index (χ0) is 22.1. The highest BCUT2D eigenvalue weighted by molar-refractivity contribution is 9.12. The van der Waals surface area contributed by atoms with Crippen LogP contribution >= 0.6 is 63.7 Å². The van der Waals surface area contributed by atoms with Gasteiger partial charge in [0.05, 0.1) is 0 Å². The zero-order valence-electron chi connectivity index (χ0n) is 15.6. The van der Waals surface area contributed by atoms with Gasteiger partial charge in [0.1, 0.15) is 0 Å². The second kappa shape index (κ2) is 8.08. The Labute approximate surface area is 207 Å². The molecule has 2 heterocycles. The number of amides is 4. The minimum absolute atomic E-state index is 0.179. The molecule has 6 nitrogen and oxygen atoms in total. The number of halogens is 4. The average Bonchev–Trinajstić information content (AvgIpc) is 3.51. The molecule has 0 spiro atoms. The van der Waals surface area contributed by atoms with E-state index in [2.05, 4.69) is 87.5 Å². The Morgan fingerprint density at radius 2 is 0.733 bits per heavy atom. The molecule has 6 aliphatic rings. The van der Waals surface area contributed by atoms with E-state index in [0.717, 1.165) is 35.1 Å². The summed E-state index contributed by atoms with van der Waals surface area (Å²) in [6.07, 6.45) is 1.85. The Morgan fingerprint density at radius 1 is 0.533 bits per heavy atom. The third-order valence-corrected chi connectivity index (χ3v) is 12.9. The summed E-state index contributed by atoms with van der Waals surface area (Å²) in [7, 11) is 0. The molecule has 4 aliphatic carbocycles. The van der Waals surface area contributed by atoms with Crippen molar-refractivity contribution in [2.24, 2.45) is 23.7 Å². The van der Waals surface area contributed by atoms with Crippen LogP contribution in [0, 0.1) is 23.7 Å². The van der Waals surface area contributed by atoms with Gasteiger partial charge in [0.25, 0.3) is 23.6 Å². The maximum absolute atomic E-state index is 11.5. The molecule has 2 fully saturated rings. The van der Waals surface area contributed by atoms with E-state index in [9.17, 15) is 19.2 Å². The standard InChI is InChI=1S/2C9H7Br2NO2.C2H4/c2*10-6-2-1-3(7(6)11)5-4(2)8(13)12-9(5)14;1-2/h2*2-3,6-7H,1H2,(H,12,13,14);1-2H2. The summed E-state index contributed by atoms with van der Waals surface area (Å²) in [5.41, 5.74) is 2.94. The zero-order valence-corrected chi connectivity index (χ0v) is 21.9. The van der Waals surface area contributed by atoms with Crippen LogP contribution in [0.15, 0.2) is 35.5 Å². The lowest BCUT2D eigenvalue weighted by Crippen LogP contribution is -2.26. The molecule has 30 heavy (non-hydrogen) atoms. The molecule has 8 unspecified atom stereocenters. The number of hydrogen-bond donors (Lipinski definition) is 2. The highest BCUT2D eigenvalue weighted by atomic mass is 79.9. The third kappa shape index (κ3) is 3.03. The Hall–Kier alpha value is -0.580. The van der Waals surface area contributed by atoms with Gasteiger partial charge >= 0.3 is 0 Å². The smallest absolute Gasteiger partial charge is 0.254 e. The summed E-state index contributed by atoms with van der Waals surface area (Å²) >= 11 is 14.3. The third-order valence-electron chi connectivity index (χ3n) is 6.66. The molecule has 4 amide bonds. The maximum atomic E-state index is 11.5. The van der Waals surface area contributed by atoms with Crippen molar-refractivity contribution < 1.29 is 19.2 Å². The van der Waals surface area contributed by atoms with Crippen molar-refractivity contribution >= 4 is 87.3 Å². The van der Waals surface area contributed by atoms with Crippen molar-refractivity contribution in [3.05, 3.63) is 35.5 Å². The second-order valence-corrected chi connectivity index (χ2v) is 12.1. The molecule has 2 N–H and O–H groups in total. The number of imide groups is 2. The summed E-state index contributed by atoms with van der Waals surface area (Å²) in [5, 5.41) is 4.73. The normalized spacial score (nSPS) is 41.9. The summed E-state index contributed by atoms with van der Waals surface area (Å²) < 4.78 is 0. The van der Waals surface area contributed by atoms with Gasteiger partial charge in [-0.05, 0) is 12.8 Å². The number of nitrogens with one attached hydrogen (secondary N) is 2. The number of alkyl halides is 4. The van der Waals surface area contributed by atoms with Gasteiger partial charge in [-0.1, -0.05) is 63.7 Å². The predicted molar refractivity (Wildman–Crippen MR) is 126 cm³/mol. The maximum Gasteiger partial charge on any atom is 0.254 e. The number of fused-ring (bicyclic) bond motifs is 8. The van der Waals surface area contributed by atoms with E-state index >= 15 is 0 Å². The van der Waals surface area contributed by atoms with Crippen molar-refractivity contribution in [2.45, 2.75) is 32.2 Å². The topological polar surface area (TPSA) is 92.3 Å². The molecule has 0 saturated heterocycles.